The van der Waals surface area contributed by atoms with Crippen molar-refractivity contribution in [3.05, 3.63) is 105 Å². The minimum atomic E-state index is -0.725. The van der Waals surface area contributed by atoms with Gasteiger partial charge in [0.2, 0.25) is 5.43 Å². The Bertz CT molecular complexity index is 1860. The highest BCUT2D eigenvalue weighted by molar-refractivity contribution is 6.32. The SMILES string of the molecule is COc1cc2nccc(Oc3ccc(CC(=O)c4cn(C)c(Cl)c(-c5ccc(F)cc5)c4=O)cc3F)c2nc1OC. The molecular formula is C30H22ClF2N3O5. The van der Waals surface area contributed by atoms with Crippen LogP contribution in [0.1, 0.15) is 15.9 Å². The van der Waals surface area contributed by atoms with Gasteiger partial charge in [0.15, 0.2) is 28.8 Å². The van der Waals surface area contributed by atoms with Gasteiger partial charge in [-0.05, 0) is 35.4 Å². The number of halogens is 3. The molecule has 0 saturated heterocycles. The first-order chi connectivity index (χ1) is 19.7. The van der Waals surface area contributed by atoms with Crippen molar-refractivity contribution in [2.75, 3.05) is 14.2 Å². The minimum absolute atomic E-state index is 0.0717. The highest BCUT2D eigenvalue weighted by Gasteiger charge is 2.21. The third-order valence-electron chi connectivity index (χ3n) is 6.35. The summed E-state index contributed by atoms with van der Waals surface area (Å²) in [6, 6.07) is 12.5. The number of fused-ring (bicyclic) bond motifs is 1. The van der Waals surface area contributed by atoms with E-state index in [2.05, 4.69) is 9.97 Å². The van der Waals surface area contributed by atoms with Crippen molar-refractivity contribution in [2.45, 2.75) is 6.42 Å². The van der Waals surface area contributed by atoms with E-state index >= 15 is 4.39 Å². The monoisotopic (exact) mass is 577 g/mol. The molecule has 0 radical (unpaired) electrons. The number of aryl methyl sites for hydroxylation is 1. The third kappa shape index (κ3) is 5.46. The van der Waals surface area contributed by atoms with Crippen LogP contribution in [-0.2, 0) is 13.5 Å². The lowest BCUT2D eigenvalue weighted by atomic mass is 9.99. The van der Waals surface area contributed by atoms with Crippen LogP contribution in [-0.4, -0.2) is 34.5 Å². The topological polar surface area (TPSA) is 92.5 Å². The van der Waals surface area contributed by atoms with Crippen LogP contribution in [0, 0.1) is 11.6 Å². The number of hydrogen-bond acceptors (Lipinski definition) is 7. The zero-order chi connectivity index (χ0) is 29.3. The van der Waals surface area contributed by atoms with Crippen LogP contribution in [0.15, 0.2) is 71.8 Å². The molecule has 5 rings (SSSR count). The molecule has 0 aliphatic rings. The first-order valence-corrected chi connectivity index (χ1v) is 12.6. The lowest BCUT2D eigenvalue weighted by Crippen LogP contribution is -2.21. The normalized spacial score (nSPS) is 11.0. The maximum absolute atomic E-state index is 15.1. The van der Waals surface area contributed by atoms with Crippen LogP contribution >= 0.6 is 11.6 Å². The maximum Gasteiger partial charge on any atom is 0.257 e. The number of hydrogen-bond donors (Lipinski definition) is 0. The summed E-state index contributed by atoms with van der Waals surface area (Å²) >= 11 is 6.36. The molecule has 208 valence electrons. The number of carbonyl (C=O) groups excluding carboxylic acids is 1. The van der Waals surface area contributed by atoms with Crippen molar-refractivity contribution in [3.8, 4) is 34.3 Å². The number of ether oxygens (including phenoxy) is 3. The summed E-state index contributed by atoms with van der Waals surface area (Å²) < 4.78 is 46.3. The maximum atomic E-state index is 15.1. The molecule has 0 fully saturated rings. The van der Waals surface area contributed by atoms with E-state index < -0.39 is 22.8 Å². The summed E-state index contributed by atoms with van der Waals surface area (Å²) in [5.41, 5.74) is 0.816. The van der Waals surface area contributed by atoms with E-state index in [1.807, 2.05) is 0 Å². The Morgan fingerprint density at radius 2 is 1.73 bits per heavy atom. The fraction of sp³-hybridized carbons (Fsp3) is 0.133. The van der Waals surface area contributed by atoms with Crippen LogP contribution in [0.3, 0.4) is 0 Å². The van der Waals surface area contributed by atoms with Crippen molar-refractivity contribution in [2.24, 2.45) is 7.05 Å². The van der Waals surface area contributed by atoms with Crippen molar-refractivity contribution in [3.63, 3.8) is 0 Å². The molecule has 3 aromatic heterocycles. The van der Waals surface area contributed by atoms with E-state index in [1.54, 1.807) is 13.1 Å². The number of Topliss-reactive ketones (excluding diaryl/α,β-unsaturated/α-hetero) is 1. The van der Waals surface area contributed by atoms with Crippen LogP contribution < -0.4 is 19.6 Å². The highest BCUT2D eigenvalue weighted by Crippen LogP contribution is 2.35. The standard InChI is InChI=1S/C30H22ClF2N3O5/c1-36-15-19(28(38)26(29(36)31)17-5-7-18(32)8-6-17)22(37)13-16-4-9-23(20(33)12-16)41-24-10-11-34-21-14-25(39-2)30(40-3)35-27(21)24/h4-12,14-15H,13H2,1-3H3. The molecule has 0 saturated carbocycles. The Hall–Kier alpha value is -4.83. The van der Waals surface area contributed by atoms with E-state index in [-0.39, 0.29) is 40.1 Å². The Morgan fingerprint density at radius 3 is 2.41 bits per heavy atom. The van der Waals surface area contributed by atoms with Crippen LogP contribution in [0.5, 0.6) is 23.1 Å². The zero-order valence-corrected chi connectivity index (χ0v) is 22.8. The minimum Gasteiger partial charge on any atom is -0.491 e. The largest absolute Gasteiger partial charge is 0.491 e. The Balaban J connectivity index is 1.42. The molecule has 5 aromatic rings. The van der Waals surface area contributed by atoms with Gasteiger partial charge in [-0.25, -0.2) is 13.8 Å². The molecule has 0 N–H and O–H groups in total. The molecule has 8 nitrogen and oxygen atoms in total. The van der Waals surface area contributed by atoms with Crippen LogP contribution in [0.4, 0.5) is 8.78 Å². The van der Waals surface area contributed by atoms with Gasteiger partial charge in [0.25, 0.3) is 5.88 Å². The van der Waals surface area contributed by atoms with Crippen molar-refractivity contribution >= 4 is 28.4 Å². The van der Waals surface area contributed by atoms with Gasteiger partial charge in [-0.15, -0.1) is 0 Å². The third-order valence-corrected chi connectivity index (χ3v) is 6.80. The molecule has 0 bridgehead atoms. The molecule has 0 atom stereocenters. The number of pyridine rings is 3. The second-order valence-electron chi connectivity index (χ2n) is 9.00. The number of ketones is 1. The number of methoxy groups -OCH3 is 2. The molecule has 0 amide bonds. The summed E-state index contributed by atoms with van der Waals surface area (Å²) in [5.74, 6) is -1.02. The fourth-order valence-electron chi connectivity index (χ4n) is 4.30. The molecule has 41 heavy (non-hydrogen) atoms. The second-order valence-corrected chi connectivity index (χ2v) is 9.36. The van der Waals surface area contributed by atoms with Gasteiger partial charge < -0.3 is 18.8 Å². The number of rotatable bonds is 8. The molecular weight excluding hydrogens is 556 g/mol. The highest BCUT2D eigenvalue weighted by atomic mass is 35.5. The number of nitrogens with zero attached hydrogens (tertiary/aromatic N) is 3. The summed E-state index contributed by atoms with van der Waals surface area (Å²) in [7, 11) is 4.50. The summed E-state index contributed by atoms with van der Waals surface area (Å²) in [6.07, 6.45) is 2.56. The van der Waals surface area contributed by atoms with Gasteiger partial charge in [-0.2, -0.15) is 0 Å². The molecule has 0 aliphatic carbocycles. The van der Waals surface area contributed by atoms with Crippen molar-refractivity contribution in [1.82, 2.24) is 14.5 Å². The van der Waals surface area contributed by atoms with Gasteiger partial charge in [-0.3, -0.25) is 14.6 Å². The molecule has 11 heteroatoms. The quantitative estimate of drug-likeness (QED) is 0.161. The van der Waals surface area contributed by atoms with Crippen LogP contribution in [0.2, 0.25) is 5.15 Å². The molecule has 0 spiro atoms. The average Bonchev–Trinajstić information content (AvgIpc) is 2.96. The Kier molecular flexibility index (Phi) is 7.67. The van der Waals surface area contributed by atoms with Crippen LogP contribution in [0.25, 0.3) is 22.2 Å². The van der Waals surface area contributed by atoms with E-state index in [0.717, 1.165) is 6.07 Å². The Morgan fingerprint density at radius 1 is 0.976 bits per heavy atom. The molecule has 2 aromatic carbocycles. The number of carbonyl (C=O) groups is 1. The van der Waals surface area contributed by atoms with Crippen molar-refractivity contribution < 1.29 is 27.8 Å². The predicted octanol–water partition coefficient (Wildman–Crippen LogP) is 6.16. The number of aromatic nitrogens is 3. The lowest BCUT2D eigenvalue weighted by molar-refractivity contribution is 0.0991. The summed E-state index contributed by atoms with van der Waals surface area (Å²) in [4.78, 5) is 35.0. The second kappa shape index (κ2) is 11.3. The molecule has 0 aliphatic heterocycles. The van der Waals surface area contributed by atoms with Gasteiger partial charge >= 0.3 is 0 Å². The fourth-order valence-corrected chi connectivity index (χ4v) is 4.55. The van der Waals surface area contributed by atoms with Gasteiger partial charge in [0.1, 0.15) is 16.5 Å². The van der Waals surface area contributed by atoms with E-state index in [9.17, 15) is 14.0 Å². The van der Waals surface area contributed by atoms with E-state index in [0.29, 0.717) is 27.9 Å². The number of benzene rings is 2. The van der Waals surface area contributed by atoms with E-state index in [4.69, 9.17) is 25.8 Å². The molecule has 3 heterocycles. The lowest BCUT2D eigenvalue weighted by Gasteiger charge is -2.13. The Labute approximate surface area is 237 Å². The summed E-state index contributed by atoms with van der Waals surface area (Å²) in [6.45, 7) is 0. The first kappa shape index (κ1) is 27.7. The average molecular weight is 578 g/mol. The summed E-state index contributed by atoms with van der Waals surface area (Å²) in [5, 5.41) is 0.0971. The zero-order valence-electron chi connectivity index (χ0n) is 22.1. The smallest absolute Gasteiger partial charge is 0.257 e. The molecule has 0 unspecified atom stereocenters. The van der Waals surface area contributed by atoms with Gasteiger partial charge in [0.05, 0.1) is 30.9 Å². The van der Waals surface area contributed by atoms with Gasteiger partial charge in [0, 0.05) is 38.0 Å². The van der Waals surface area contributed by atoms with Crippen molar-refractivity contribution in [1.29, 1.82) is 0 Å². The van der Waals surface area contributed by atoms with E-state index in [1.165, 1.54) is 73.6 Å². The first-order valence-electron chi connectivity index (χ1n) is 12.2. The van der Waals surface area contributed by atoms with Gasteiger partial charge in [-0.1, -0.05) is 29.8 Å². The predicted molar refractivity (Wildman–Crippen MR) is 149 cm³/mol.